The third-order valence-electron chi connectivity index (χ3n) is 5.27. The molecule has 1 aliphatic rings. The number of aromatic nitrogens is 2. The predicted octanol–water partition coefficient (Wildman–Crippen LogP) is 3.90. The number of carbonyl (C=O) groups excluding carboxylic acids is 2. The summed E-state index contributed by atoms with van der Waals surface area (Å²) in [6.07, 6.45) is -4.46. The molecule has 0 radical (unpaired) electrons. The van der Waals surface area contributed by atoms with Crippen molar-refractivity contribution in [1.29, 1.82) is 0 Å². The molecule has 1 aliphatic heterocycles. The lowest BCUT2D eigenvalue weighted by atomic mass is 10.1. The van der Waals surface area contributed by atoms with E-state index in [0.717, 1.165) is 30.0 Å². The first kappa shape index (κ1) is 21.4. The minimum absolute atomic E-state index is 0.155. The summed E-state index contributed by atoms with van der Waals surface area (Å²) in [5.41, 5.74) is 2.10. The van der Waals surface area contributed by atoms with Crippen molar-refractivity contribution in [2.24, 2.45) is 0 Å². The Hall–Kier alpha value is -3.82. The molecule has 0 fully saturated rings. The van der Waals surface area contributed by atoms with Gasteiger partial charge in [-0.15, -0.1) is 0 Å². The number of fused-ring (bicyclic) bond motifs is 1. The molecule has 32 heavy (non-hydrogen) atoms. The minimum Gasteiger partial charge on any atom is -0.378 e. The molecule has 2 amide bonds. The van der Waals surface area contributed by atoms with Gasteiger partial charge < -0.3 is 15.1 Å². The monoisotopic (exact) mass is 443 g/mol. The van der Waals surface area contributed by atoms with E-state index >= 15 is 0 Å². The maximum atomic E-state index is 12.7. The third-order valence-corrected chi connectivity index (χ3v) is 5.27. The van der Waals surface area contributed by atoms with E-state index in [0.29, 0.717) is 22.6 Å². The van der Waals surface area contributed by atoms with Crippen molar-refractivity contribution in [3.05, 3.63) is 76.5 Å². The van der Waals surface area contributed by atoms with Gasteiger partial charge in [-0.2, -0.15) is 18.3 Å². The number of hydrogen-bond acceptors (Lipinski definition) is 4. The minimum atomic E-state index is -4.46. The smallest absolute Gasteiger partial charge is 0.378 e. The molecule has 10 heteroatoms. The van der Waals surface area contributed by atoms with Gasteiger partial charge in [-0.3, -0.25) is 14.7 Å². The Bertz CT molecular complexity index is 1150. The van der Waals surface area contributed by atoms with Gasteiger partial charge >= 0.3 is 6.18 Å². The average Bonchev–Trinajstić information content (AvgIpc) is 3.34. The van der Waals surface area contributed by atoms with E-state index in [1.54, 1.807) is 12.1 Å². The van der Waals surface area contributed by atoms with Crippen molar-refractivity contribution in [3.8, 4) is 0 Å². The van der Waals surface area contributed by atoms with E-state index in [2.05, 4.69) is 15.5 Å². The fourth-order valence-corrected chi connectivity index (χ4v) is 3.46. The molecular weight excluding hydrogens is 423 g/mol. The van der Waals surface area contributed by atoms with E-state index in [9.17, 15) is 22.8 Å². The topological polar surface area (TPSA) is 81.3 Å². The van der Waals surface area contributed by atoms with Gasteiger partial charge in [-0.05, 0) is 48.5 Å². The van der Waals surface area contributed by atoms with Crippen molar-refractivity contribution in [2.45, 2.75) is 19.3 Å². The molecule has 3 aromatic rings. The number of nitrogens with zero attached hydrogens (tertiary/aromatic N) is 3. The fourth-order valence-electron chi connectivity index (χ4n) is 3.46. The highest BCUT2D eigenvalue weighted by Crippen LogP contribution is 2.31. The van der Waals surface area contributed by atoms with Gasteiger partial charge in [0.25, 0.3) is 11.8 Å². The molecule has 2 aromatic carbocycles. The largest absolute Gasteiger partial charge is 0.416 e. The Balaban J connectivity index is 1.44. The second-order valence-electron chi connectivity index (χ2n) is 7.66. The van der Waals surface area contributed by atoms with Gasteiger partial charge in [0.15, 0.2) is 5.82 Å². The lowest BCUT2D eigenvalue weighted by Crippen LogP contribution is -2.26. The lowest BCUT2D eigenvalue weighted by Gasteiger charge is -2.16. The Morgan fingerprint density at radius 3 is 2.22 bits per heavy atom. The number of benzene rings is 2. The highest BCUT2D eigenvalue weighted by atomic mass is 19.4. The van der Waals surface area contributed by atoms with E-state index in [4.69, 9.17) is 0 Å². The van der Waals surface area contributed by atoms with E-state index in [1.165, 1.54) is 4.90 Å². The molecule has 0 saturated heterocycles. The van der Waals surface area contributed by atoms with Crippen molar-refractivity contribution in [2.75, 3.05) is 24.3 Å². The van der Waals surface area contributed by atoms with E-state index in [-0.39, 0.29) is 24.6 Å². The highest BCUT2D eigenvalue weighted by Gasteiger charge is 2.32. The second kappa shape index (κ2) is 8.03. The van der Waals surface area contributed by atoms with Crippen LogP contribution in [0, 0.1) is 0 Å². The van der Waals surface area contributed by atoms with Crippen molar-refractivity contribution in [3.63, 3.8) is 0 Å². The summed E-state index contributed by atoms with van der Waals surface area (Å²) in [7, 11) is 3.81. The van der Waals surface area contributed by atoms with Crippen LogP contribution < -0.4 is 10.2 Å². The number of nitrogens with one attached hydrogen (secondary N) is 2. The molecule has 0 saturated carbocycles. The van der Waals surface area contributed by atoms with Gasteiger partial charge in [0, 0.05) is 36.5 Å². The average molecular weight is 443 g/mol. The Kier molecular flexibility index (Phi) is 5.37. The van der Waals surface area contributed by atoms with Crippen LogP contribution in [-0.4, -0.2) is 41.0 Å². The number of rotatable bonds is 4. The van der Waals surface area contributed by atoms with Crippen LogP contribution in [0.5, 0.6) is 0 Å². The summed E-state index contributed by atoms with van der Waals surface area (Å²) in [6.45, 7) is 0.399. The first-order valence-corrected chi connectivity index (χ1v) is 9.75. The summed E-state index contributed by atoms with van der Waals surface area (Å²) in [6, 6.07) is 11.2. The maximum Gasteiger partial charge on any atom is 0.416 e. The zero-order valence-corrected chi connectivity index (χ0v) is 17.3. The second-order valence-corrected chi connectivity index (χ2v) is 7.66. The molecular formula is C22H20F3N5O2. The Labute approximate surface area is 181 Å². The lowest BCUT2D eigenvalue weighted by molar-refractivity contribution is -0.137. The number of aromatic amines is 1. The molecule has 4 rings (SSSR count). The van der Waals surface area contributed by atoms with Crippen LogP contribution in [-0.2, 0) is 19.3 Å². The molecule has 2 heterocycles. The number of amides is 2. The first-order valence-electron chi connectivity index (χ1n) is 9.75. The van der Waals surface area contributed by atoms with Crippen molar-refractivity contribution < 1.29 is 22.8 Å². The van der Waals surface area contributed by atoms with E-state index in [1.807, 2.05) is 31.1 Å². The molecule has 0 aliphatic carbocycles. The van der Waals surface area contributed by atoms with Crippen LogP contribution in [0.3, 0.4) is 0 Å². The Morgan fingerprint density at radius 1 is 1.00 bits per heavy atom. The summed E-state index contributed by atoms with van der Waals surface area (Å²) >= 11 is 0. The zero-order valence-electron chi connectivity index (χ0n) is 17.3. The number of halogens is 3. The number of anilines is 2. The van der Waals surface area contributed by atoms with Crippen LogP contribution in [0.2, 0.25) is 0 Å². The number of alkyl halides is 3. The molecule has 2 N–H and O–H groups in total. The number of H-pyrrole nitrogens is 1. The molecule has 0 spiro atoms. The van der Waals surface area contributed by atoms with Crippen LogP contribution in [0.25, 0.3) is 0 Å². The van der Waals surface area contributed by atoms with E-state index < -0.39 is 17.6 Å². The van der Waals surface area contributed by atoms with Crippen molar-refractivity contribution >= 4 is 23.3 Å². The summed E-state index contributed by atoms with van der Waals surface area (Å²) in [5, 5.41) is 9.70. The first-order chi connectivity index (χ1) is 15.1. The predicted molar refractivity (Wildman–Crippen MR) is 112 cm³/mol. The quantitative estimate of drug-likeness (QED) is 0.641. The van der Waals surface area contributed by atoms with Crippen LogP contribution in [0.15, 0.2) is 48.5 Å². The van der Waals surface area contributed by atoms with Gasteiger partial charge in [-0.1, -0.05) is 0 Å². The van der Waals surface area contributed by atoms with Gasteiger partial charge in [0.2, 0.25) is 0 Å². The third kappa shape index (κ3) is 4.16. The summed E-state index contributed by atoms with van der Waals surface area (Å²) in [5.74, 6) is -0.415. The number of carbonyl (C=O) groups is 2. The maximum absolute atomic E-state index is 12.7. The van der Waals surface area contributed by atoms with Crippen LogP contribution in [0.1, 0.15) is 37.5 Å². The molecule has 0 atom stereocenters. The standard InChI is InChI=1S/C22H20F3N5O2/c1-29(2)16-9-5-13(6-10-16)20(31)26-19-17-11-30(12-18(17)27-28-19)21(32)14-3-7-15(8-4-14)22(23,24)25/h3-10H,11-12H2,1-2H3,(H2,26,27,28,31). The number of hydrogen-bond donors (Lipinski definition) is 2. The SMILES string of the molecule is CN(C)c1ccc(C(=O)Nc2n[nH]c3c2CN(C(=O)c2ccc(C(F)(F)F)cc2)C3)cc1. The summed E-state index contributed by atoms with van der Waals surface area (Å²) < 4.78 is 38.2. The van der Waals surface area contributed by atoms with Gasteiger partial charge in [0.1, 0.15) is 0 Å². The molecule has 0 unspecified atom stereocenters. The van der Waals surface area contributed by atoms with Gasteiger partial charge in [0.05, 0.1) is 24.3 Å². The summed E-state index contributed by atoms with van der Waals surface area (Å²) in [4.78, 5) is 28.7. The zero-order chi connectivity index (χ0) is 23.0. The van der Waals surface area contributed by atoms with Crippen LogP contribution in [0.4, 0.5) is 24.7 Å². The van der Waals surface area contributed by atoms with Gasteiger partial charge in [-0.25, -0.2) is 0 Å². The molecule has 7 nitrogen and oxygen atoms in total. The molecule has 0 bridgehead atoms. The van der Waals surface area contributed by atoms with Crippen LogP contribution >= 0.6 is 0 Å². The normalized spacial score (nSPS) is 13.1. The highest BCUT2D eigenvalue weighted by molar-refractivity contribution is 6.04. The fraction of sp³-hybridized carbons (Fsp3) is 0.227. The Morgan fingerprint density at radius 2 is 1.62 bits per heavy atom. The van der Waals surface area contributed by atoms with Crippen molar-refractivity contribution in [1.82, 2.24) is 15.1 Å². The molecule has 166 valence electrons. The molecule has 1 aromatic heterocycles.